The lowest BCUT2D eigenvalue weighted by atomic mass is 10.3. The Kier molecular flexibility index (Phi) is 3.41. The number of nitrogens with one attached hydrogen (secondary N) is 1. The first-order valence-corrected chi connectivity index (χ1v) is 7.05. The zero-order chi connectivity index (χ0) is 13.4. The van der Waals surface area contributed by atoms with Crippen molar-refractivity contribution in [3.63, 3.8) is 0 Å². The van der Waals surface area contributed by atoms with Gasteiger partial charge < -0.3 is 5.32 Å². The van der Waals surface area contributed by atoms with Crippen LogP contribution < -0.4 is 5.32 Å². The second-order valence-corrected chi connectivity index (χ2v) is 5.76. The van der Waals surface area contributed by atoms with Crippen LogP contribution in [0, 0.1) is 5.82 Å². The van der Waals surface area contributed by atoms with Gasteiger partial charge in [-0.25, -0.2) is 14.4 Å². The quantitative estimate of drug-likeness (QED) is 0.825. The summed E-state index contributed by atoms with van der Waals surface area (Å²) in [5.74, 6) is 1.29. The van der Waals surface area contributed by atoms with E-state index in [9.17, 15) is 4.39 Å². The van der Waals surface area contributed by atoms with Crippen LogP contribution in [0.1, 0.15) is 24.6 Å². The van der Waals surface area contributed by atoms with E-state index < -0.39 is 0 Å². The SMILES string of the molecule is Fc1ccc(Br)cc1Nc1cc(Cl)nc(C2CC2)n1. The number of hydrogen-bond donors (Lipinski definition) is 1. The minimum absolute atomic E-state index is 0.342. The fraction of sp³-hybridized carbons (Fsp3) is 0.231. The van der Waals surface area contributed by atoms with Gasteiger partial charge in [-0.05, 0) is 31.0 Å². The van der Waals surface area contributed by atoms with Gasteiger partial charge in [-0.3, -0.25) is 0 Å². The molecule has 1 N–H and O–H groups in total. The van der Waals surface area contributed by atoms with Crippen LogP contribution in [0.25, 0.3) is 0 Å². The van der Waals surface area contributed by atoms with Crippen molar-refractivity contribution in [3.05, 3.63) is 45.5 Å². The van der Waals surface area contributed by atoms with Gasteiger partial charge in [-0.1, -0.05) is 27.5 Å². The number of rotatable bonds is 3. The van der Waals surface area contributed by atoms with Crippen LogP contribution in [0.4, 0.5) is 15.9 Å². The fourth-order valence-corrected chi connectivity index (χ4v) is 2.31. The molecule has 6 heteroatoms. The highest BCUT2D eigenvalue weighted by atomic mass is 79.9. The Morgan fingerprint density at radius 3 is 2.79 bits per heavy atom. The maximum Gasteiger partial charge on any atom is 0.146 e. The second kappa shape index (κ2) is 5.06. The molecule has 1 aliphatic rings. The number of halogens is 3. The van der Waals surface area contributed by atoms with Crippen molar-refractivity contribution in [2.24, 2.45) is 0 Å². The van der Waals surface area contributed by atoms with Crippen molar-refractivity contribution in [1.82, 2.24) is 9.97 Å². The molecule has 0 saturated heterocycles. The van der Waals surface area contributed by atoms with E-state index in [1.165, 1.54) is 6.07 Å². The summed E-state index contributed by atoms with van der Waals surface area (Å²) in [5.41, 5.74) is 0.353. The Morgan fingerprint density at radius 2 is 2.05 bits per heavy atom. The summed E-state index contributed by atoms with van der Waals surface area (Å²) in [5, 5.41) is 3.31. The molecule has 3 rings (SSSR count). The standard InChI is InChI=1S/C13H10BrClFN3/c14-8-3-4-9(16)10(5-8)17-12-6-11(15)18-13(19-12)7-1-2-7/h3-7H,1-2H2,(H,17,18,19). The third-order valence-corrected chi connectivity index (χ3v) is 3.53. The number of aromatic nitrogens is 2. The van der Waals surface area contributed by atoms with Gasteiger partial charge in [0, 0.05) is 16.5 Å². The zero-order valence-corrected chi connectivity index (χ0v) is 12.2. The second-order valence-electron chi connectivity index (χ2n) is 4.46. The number of benzene rings is 1. The largest absolute Gasteiger partial charge is 0.338 e. The van der Waals surface area contributed by atoms with Crippen molar-refractivity contribution in [2.75, 3.05) is 5.32 Å². The van der Waals surface area contributed by atoms with E-state index in [0.717, 1.165) is 23.1 Å². The summed E-state index contributed by atoms with van der Waals surface area (Å²) in [4.78, 5) is 8.56. The van der Waals surface area contributed by atoms with E-state index in [-0.39, 0.29) is 5.82 Å². The lowest BCUT2D eigenvalue weighted by molar-refractivity contribution is 0.631. The van der Waals surface area contributed by atoms with Gasteiger partial charge in [0.1, 0.15) is 22.6 Å². The molecule has 0 radical (unpaired) electrons. The normalized spacial score (nSPS) is 14.5. The maximum absolute atomic E-state index is 13.7. The summed E-state index contributed by atoms with van der Waals surface area (Å²) in [6.45, 7) is 0. The summed E-state index contributed by atoms with van der Waals surface area (Å²) in [7, 11) is 0. The van der Waals surface area contributed by atoms with Crippen molar-refractivity contribution in [2.45, 2.75) is 18.8 Å². The topological polar surface area (TPSA) is 37.8 Å². The minimum Gasteiger partial charge on any atom is -0.338 e. The van der Waals surface area contributed by atoms with E-state index >= 15 is 0 Å². The molecule has 1 saturated carbocycles. The van der Waals surface area contributed by atoms with Gasteiger partial charge in [0.15, 0.2) is 0 Å². The molecular weight excluding hydrogens is 333 g/mol. The summed E-state index contributed by atoms with van der Waals surface area (Å²) in [6, 6.07) is 6.27. The molecule has 1 aliphatic carbocycles. The molecule has 1 fully saturated rings. The first-order valence-electron chi connectivity index (χ1n) is 5.88. The molecule has 1 heterocycles. The van der Waals surface area contributed by atoms with E-state index in [0.29, 0.717) is 22.6 Å². The van der Waals surface area contributed by atoms with Crippen LogP contribution in [-0.4, -0.2) is 9.97 Å². The average Bonchev–Trinajstić information content (AvgIpc) is 3.17. The molecular formula is C13H10BrClFN3. The van der Waals surface area contributed by atoms with E-state index in [4.69, 9.17) is 11.6 Å². The third-order valence-electron chi connectivity index (χ3n) is 2.85. The summed E-state index contributed by atoms with van der Waals surface area (Å²) < 4.78 is 14.5. The molecule has 19 heavy (non-hydrogen) atoms. The van der Waals surface area contributed by atoms with Crippen molar-refractivity contribution >= 4 is 39.0 Å². The van der Waals surface area contributed by atoms with Crippen LogP contribution in [0.2, 0.25) is 5.15 Å². The van der Waals surface area contributed by atoms with Gasteiger partial charge in [-0.2, -0.15) is 0 Å². The monoisotopic (exact) mass is 341 g/mol. The van der Waals surface area contributed by atoms with Crippen LogP contribution in [0.5, 0.6) is 0 Å². The van der Waals surface area contributed by atoms with E-state index in [1.54, 1.807) is 18.2 Å². The van der Waals surface area contributed by atoms with Crippen molar-refractivity contribution < 1.29 is 4.39 Å². The fourth-order valence-electron chi connectivity index (χ4n) is 1.75. The molecule has 1 aromatic carbocycles. The highest BCUT2D eigenvalue weighted by molar-refractivity contribution is 9.10. The molecule has 0 atom stereocenters. The third kappa shape index (κ3) is 3.04. The highest BCUT2D eigenvalue weighted by Crippen LogP contribution is 2.39. The molecule has 98 valence electrons. The zero-order valence-electron chi connectivity index (χ0n) is 9.83. The lowest BCUT2D eigenvalue weighted by Crippen LogP contribution is -2.01. The predicted octanol–water partition coefficient (Wildman–Crippen LogP) is 4.65. The molecule has 2 aromatic rings. The molecule has 0 unspecified atom stereocenters. The van der Waals surface area contributed by atoms with E-state index in [1.807, 2.05) is 0 Å². The first-order chi connectivity index (χ1) is 9.11. The van der Waals surface area contributed by atoms with Crippen LogP contribution >= 0.6 is 27.5 Å². The molecule has 1 aromatic heterocycles. The Hall–Kier alpha value is -1.20. The molecule has 3 nitrogen and oxygen atoms in total. The predicted molar refractivity (Wildman–Crippen MR) is 76.4 cm³/mol. The highest BCUT2D eigenvalue weighted by Gasteiger charge is 2.27. The molecule has 0 spiro atoms. The lowest BCUT2D eigenvalue weighted by Gasteiger charge is -2.09. The molecule has 0 bridgehead atoms. The Balaban J connectivity index is 1.92. The smallest absolute Gasteiger partial charge is 0.146 e. The first kappa shape index (κ1) is 12.8. The number of nitrogens with zero attached hydrogens (tertiary/aromatic N) is 2. The van der Waals surface area contributed by atoms with Crippen LogP contribution in [-0.2, 0) is 0 Å². The van der Waals surface area contributed by atoms with Gasteiger partial charge in [0.25, 0.3) is 0 Å². The van der Waals surface area contributed by atoms with Crippen LogP contribution in [0.3, 0.4) is 0 Å². The molecule has 0 amide bonds. The van der Waals surface area contributed by atoms with Crippen LogP contribution in [0.15, 0.2) is 28.7 Å². The van der Waals surface area contributed by atoms with Crippen molar-refractivity contribution in [3.8, 4) is 0 Å². The van der Waals surface area contributed by atoms with E-state index in [2.05, 4.69) is 31.2 Å². The minimum atomic E-state index is -0.342. The van der Waals surface area contributed by atoms with Gasteiger partial charge in [0.2, 0.25) is 0 Å². The van der Waals surface area contributed by atoms with Gasteiger partial charge in [-0.15, -0.1) is 0 Å². The van der Waals surface area contributed by atoms with Gasteiger partial charge >= 0.3 is 0 Å². The van der Waals surface area contributed by atoms with Gasteiger partial charge in [0.05, 0.1) is 5.69 Å². The average molecular weight is 343 g/mol. The molecule has 0 aliphatic heterocycles. The maximum atomic E-state index is 13.7. The summed E-state index contributed by atoms with van der Waals surface area (Å²) >= 11 is 9.27. The van der Waals surface area contributed by atoms with Crippen molar-refractivity contribution in [1.29, 1.82) is 0 Å². The Labute approximate surface area is 123 Å². The Bertz CT molecular complexity index is 631. The number of anilines is 2. The summed E-state index contributed by atoms with van der Waals surface area (Å²) in [6.07, 6.45) is 2.18. The number of hydrogen-bond acceptors (Lipinski definition) is 3. The Morgan fingerprint density at radius 1 is 1.26 bits per heavy atom.